The van der Waals surface area contributed by atoms with E-state index in [2.05, 4.69) is 5.32 Å². The second-order valence-electron chi connectivity index (χ2n) is 7.47. The minimum atomic E-state index is -3.53. The highest BCUT2D eigenvalue weighted by Gasteiger charge is 2.30. The van der Waals surface area contributed by atoms with Crippen molar-refractivity contribution in [3.63, 3.8) is 0 Å². The Morgan fingerprint density at radius 3 is 2.50 bits per heavy atom. The van der Waals surface area contributed by atoms with Crippen molar-refractivity contribution in [1.82, 2.24) is 9.62 Å². The van der Waals surface area contributed by atoms with Gasteiger partial charge in [0.05, 0.1) is 4.90 Å². The molecule has 0 spiro atoms. The third-order valence-electron chi connectivity index (χ3n) is 5.43. The zero-order valence-electron chi connectivity index (χ0n) is 16.3. The van der Waals surface area contributed by atoms with Crippen molar-refractivity contribution in [3.05, 3.63) is 53.1 Å². The smallest absolute Gasteiger partial charge is 0.243 e. The Kier molecular flexibility index (Phi) is 6.17. The first kappa shape index (κ1) is 21.0. The number of nitrogens with zero attached hydrogens (tertiary/aromatic N) is 1. The average molecular weight is 451 g/mol. The van der Waals surface area contributed by atoms with Crippen molar-refractivity contribution < 1.29 is 22.7 Å². The number of piperidine rings is 1. The highest BCUT2D eigenvalue weighted by atomic mass is 35.5. The monoisotopic (exact) mass is 450 g/mol. The van der Waals surface area contributed by atoms with Gasteiger partial charge in [-0.15, -0.1) is 0 Å². The third kappa shape index (κ3) is 4.71. The number of carbonyl (C=O) groups excluding carboxylic acids is 1. The number of hydrogen-bond acceptors (Lipinski definition) is 5. The normalized spacial score (nSPS) is 17.1. The number of amides is 1. The highest BCUT2D eigenvalue weighted by molar-refractivity contribution is 7.89. The molecule has 1 N–H and O–H groups in total. The molecule has 2 aromatic rings. The summed E-state index contributed by atoms with van der Waals surface area (Å²) in [6.07, 6.45) is 1.70. The SMILES string of the molecule is O=C(CC1CCN(S(=O)(=O)c2ccc(Cl)cc2)CC1)NCc1ccc2c(c1)OCO2. The van der Waals surface area contributed by atoms with Gasteiger partial charge in [-0.3, -0.25) is 4.79 Å². The zero-order valence-corrected chi connectivity index (χ0v) is 17.9. The summed E-state index contributed by atoms with van der Waals surface area (Å²) in [6, 6.07) is 11.8. The standard InChI is InChI=1S/C21H23ClN2O5S/c22-17-2-4-18(5-3-17)30(26,27)24-9-7-15(8-10-24)12-21(25)23-13-16-1-6-19-20(11-16)29-14-28-19/h1-6,11,15H,7-10,12-14H2,(H,23,25). The maximum Gasteiger partial charge on any atom is 0.243 e. The molecule has 0 saturated carbocycles. The van der Waals surface area contributed by atoms with Crippen LogP contribution >= 0.6 is 11.6 Å². The third-order valence-corrected chi connectivity index (χ3v) is 7.59. The van der Waals surface area contributed by atoms with E-state index in [0.29, 0.717) is 55.4 Å². The number of rotatable bonds is 6. The first-order chi connectivity index (χ1) is 14.4. The summed E-state index contributed by atoms with van der Waals surface area (Å²) in [6.45, 7) is 1.45. The van der Waals surface area contributed by atoms with Crippen molar-refractivity contribution in [3.8, 4) is 11.5 Å². The number of hydrogen-bond donors (Lipinski definition) is 1. The van der Waals surface area contributed by atoms with Gasteiger partial charge in [-0.05, 0) is 60.7 Å². The van der Waals surface area contributed by atoms with Gasteiger partial charge in [0, 0.05) is 31.1 Å². The van der Waals surface area contributed by atoms with E-state index in [-0.39, 0.29) is 23.5 Å². The summed E-state index contributed by atoms with van der Waals surface area (Å²) in [4.78, 5) is 12.6. The van der Waals surface area contributed by atoms with Crippen LogP contribution in [0, 0.1) is 5.92 Å². The molecule has 2 aliphatic rings. The lowest BCUT2D eigenvalue weighted by Crippen LogP contribution is -2.39. The molecule has 1 saturated heterocycles. The molecule has 2 heterocycles. The first-order valence-electron chi connectivity index (χ1n) is 9.83. The molecule has 160 valence electrons. The summed E-state index contributed by atoms with van der Waals surface area (Å²) in [5.74, 6) is 1.53. The van der Waals surface area contributed by atoms with Crippen LogP contribution in [-0.4, -0.2) is 38.5 Å². The fraction of sp³-hybridized carbons (Fsp3) is 0.381. The number of sulfonamides is 1. The Balaban J connectivity index is 1.25. The van der Waals surface area contributed by atoms with Crippen molar-refractivity contribution in [2.75, 3.05) is 19.9 Å². The lowest BCUT2D eigenvalue weighted by Gasteiger charge is -2.31. The van der Waals surface area contributed by atoms with Crippen LogP contribution in [0.4, 0.5) is 0 Å². The minimum Gasteiger partial charge on any atom is -0.454 e. The van der Waals surface area contributed by atoms with Crippen molar-refractivity contribution in [2.45, 2.75) is 30.7 Å². The fourth-order valence-electron chi connectivity index (χ4n) is 3.70. The summed E-state index contributed by atoms with van der Waals surface area (Å²) in [5.41, 5.74) is 0.941. The van der Waals surface area contributed by atoms with Crippen molar-refractivity contribution in [1.29, 1.82) is 0 Å². The van der Waals surface area contributed by atoms with Gasteiger partial charge in [0.2, 0.25) is 22.7 Å². The number of benzene rings is 2. The zero-order chi connectivity index (χ0) is 21.1. The summed E-state index contributed by atoms with van der Waals surface area (Å²) < 4.78 is 37.6. The Hall–Kier alpha value is -2.29. The van der Waals surface area contributed by atoms with Crippen LogP contribution in [-0.2, 0) is 21.4 Å². The number of carbonyl (C=O) groups is 1. The van der Waals surface area contributed by atoms with E-state index in [1.54, 1.807) is 12.1 Å². The second kappa shape index (κ2) is 8.83. The van der Waals surface area contributed by atoms with E-state index in [9.17, 15) is 13.2 Å². The van der Waals surface area contributed by atoms with Gasteiger partial charge in [0.25, 0.3) is 0 Å². The molecule has 0 radical (unpaired) electrons. The summed E-state index contributed by atoms with van der Waals surface area (Å²) in [5, 5.41) is 3.43. The van der Waals surface area contributed by atoms with Gasteiger partial charge >= 0.3 is 0 Å². The van der Waals surface area contributed by atoms with E-state index < -0.39 is 10.0 Å². The van der Waals surface area contributed by atoms with Gasteiger partial charge in [0.1, 0.15) is 0 Å². The van der Waals surface area contributed by atoms with E-state index >= 15 is 0 Å². The van der Waals surface area contributed by atoms with E-state index in [1.807, 2.05) is 18.2 Å². The van der Waals surface area contributed by atoms with Gasteiger partial charge in [-0.25, -0.2) is 8.42 Å². The molecule has 0 aromatic heterocycles. The molecular formula is C21H23ClN2O5S. The number of ether oxygens (including phenoxy) is 2. The lowest BCUT2D eigenvalue weighted by molar-refractivity contribution is -0.122. The van der Waals surface area contributed by atoms with Gasteiger partial charge in [-0.1, -0.05) is 17.7 Å². The number of fused-ring (bicyclic) bond motifs is 1. The molecule has 9 heteroatoms. The average Bonchev–Trinajstić information content (AvgIpc) is 3.21. The van der Waals surface area contributed by atoms with Gasteiger partial charge < -0.3 is 14.8 Å². The Morgan fingerprint density at radius 2 is 1.77 bits per heavy atom. The maximum absolute atomic E-state index is 12.8. The van der Waals surface area contributed by atoms with Crippen LogP contribution in [0.1, 0.15) is 24.8 Å². The van der Waals surface area contributed by atoms with Crippen LogP contribution in [0.15, 0.2) is 47.4 Å². The molecule has 0 atom stereocenters. The van der Waals surface area contributed by atoms with Crippen LogP contribution in [0.2, 0.25) is 5.02 Å². The van der Waals surface area contributed by atoms with Crippen LogP contribution in [0.3, 0.4) is 0 Å². The lowest BCUT2D eigenvalue weighted by atomic mass is 9.94. The van der Waals surface area contributed by atoms with E-state index in [4.69, 9.17) is 21.1 Å². The fourth-order valence-corrected chi connectivity index (χ4v) is 5.29. The second-order valence-corrected chi connectivity index (χ2v) is 9.84. The molecule has 0 aliphatic carbocycles. The van der Waals surface area contributed by atoms with Crippen LogP contribution < -0.4 is 14.8 Å². The summed E-state index contributed by atoms with van der Waals surface area (Å²) >= 11 is 5.85. The molecule has 4 rings (SSSR count). The highest BCUT2D eigenvalue weighted by Crippen LogP contribution is 2.32. The molecule has 30 heavy (non-hydrogen) atoms. The van der Waals surface area contributed by atoms with Gasteiger partial charge in [-0.2, -0.15) is 4.31 Å². The molecule has 2 aromatic carbocycles. The Morgan fingerprint density at radius 1 is 1.07 bits per heavy atom. The number of halogens is 1. The van der Waals surface area contributed by atoms with E-state index in [1.165, 1.54) is 16.4 Å². The van der Waals surface area contributed by atoms with E-state index in [0.717, 1.165) is 5.56 Å². The predicted molar refractivity (Wildman–Crippen MR) is 112 cm³/mol. The maximum atomic E-state index is 12.8. The molecule has 0 bridgehead atoms. The minimum absolute atomic E-state index is 0.0355. The first-order valence-corrected chi connectivity index (χ1v) is 11.6. The topological polar surface area (TPSA) is 84.9 Å². The molecule has 7 nitrogen and oxygen atoms in total. The molecule has 2 aliphatic heterocycles. The van der Waals surface area contributed by atoms with Crippen LogP contribution in [0.25, 0.3) is 0 Å². The van der Waals surface area contributed by atoms with Gasteiger partial charge in [0.15, 0.2) is 11.5 Å². The Bertz CT molecular complexity index is 1020. The Labute approximate surface area is 181 Å². The largest absolute Gasteiger partial charge is 0.454 e. The van der Waals surface area contributed by atoms with Crippen LogP contribution in [0.5, 0.6) is 11.5 Å². The molecule has 1 fully saturated rings. The molecular weight excluding hydrogens is 428 g/mol. The number of nitrogens with one attached hydrogen (secondary N) is 1. The molecule has 1 amide bonds. The van der Waals surface area contributed by atoms with Crippen molar-refractivity contribution in [2.24, 2.45) is 5.92 Å². The quantitative estimate of drug-likeness (QED) is 0.730. The van der Waals surface area contributed by atoms with Crippen molar-refractivity contribution >= 4 is 27.5 Å². The molecule has 0 unspecified atom stereocenters. The summed E-state index contributed by atoms with van der Waals surface area (Å²) in [7, 11) is -3.53. The predicted octanol–water partition coefficient (Wildman–Crippen LogP) is 3.18.